The van der Waals surface area contributed by atoms with Gasteiger partial charge in [-0.2, -0.15) is 17.5 Å². The number of halogens is 3. The molecular formula is C16H15F3N2O3S. The second-order valence-corrected chi connectivity index (χ2v) is 7.47. The molecule has 1 aromatic carbocycles. The zero-order valence-electron chi connectivity index (χ0n) is 13.0. The fraction of sp³-hybridized carbons (Fsp3) is 0.312. The lowest BCUT2D eigenvalue weighted by molar-refractivity contribution is -0.137. The monoisotopic (exact) mass is 372 g/mol. The molecule has 2 heterocycles. The molecule has 0 bridgehead atoms. The lowest BCUT2D eigenvalue weighted by Gasteiger charge is -2.32. The van der Waals surface area contributed by atoms with Gasteiger partial charge in [-0.15, -0.1) is 0 Å². The van der Waals surface area contributed by atoms with E-state index in [0.717, 1.165) is 12.1 Å². The largest absolute Gasteiger partial charge is 0.416 e. The molecule has 1 saturated heterocycles. The van der Waals surface area contributed by atoms with Crippen molar-refractivity contribution in [2.24, 2.45) is 0 Å². The molecule has 1 fully saturated rings. The van der Waals surface area contributed by atoms with E-state index >= 15 is 0 Å². The van der Waals surface area contributed by atoms with Crippen molar-refractivity contribution in [3.63, 3.8) is 0 Å². The van der Waals surface area contributed by atoms with Crippen LogP contribution in [0.25, 0.3) is 0 Å². The summed E-state index contributed by atoms with van der Waals surface area (Å²) in [7, 11) is -3.72. The van der Waals surface area contributed by atoms with Gasteiger partial charge in [-0.25, -0.2) is 8.42 Å². The summed E-state index contributed by atoms with van der Waals surface area (Å²) >= 11 is 0. The normalized spacial score (nSPS) is 19.7. The van der Waals surface area contributed by atoms with Gasteiger partial charge in [0.2, 0.25) is 10.0 Å². The van der Waals surface area contributed by atoms with Crippen LogP contribution in [0.2, 0.25) is 0 Å². The van der Waals surface area contributed by atoms with Crippen LogP contribution in [0.15, 0.2) is 53.7 Å². The maximum atomic E-state index is 12.6. The van der Waals surface area contributed by atoms with E-state index in [2.05, 4.69) is 4.98 Å². The first-order valence-electron chi connectivity index (χ1n) is 7.47. The van der Waals surface area contributed by atoms with Crippen LogP contribution in [0, 0.1) is 0 Å². The fourth-order valence-corrected chi connectivity index (χ4v) is 3.97. The minimum absolute atomic E-state index is 0.0303. The minimum atomic E-state index is -4.42. The Balaban J connectivity index is 1.80. The molecule has 1 aliphatic heterocycles. The van der Waals surface area contributed by atoms with Gasteiger partial charge in [-0.05, 0) is 29.8 Å². The molecule has 1 aromatic heterocycles. The van der Waals surface area contributed by atoms with Crippen LogP contribution in [-0.2, 0) is 20.9 Å². The van der Waals surface area contributed by atoms with E-state index in [1.165, 1.54) is 41.0 Å². The first kappa shape index (κ1) is 17.8. The maximum Gasteiger partial charge on any atom is 0.416 e. The molecular weight excluding hydrogens is 357 g/mol. The zero-order chi connectivity index (χ0) is 18.1. The lowest BCUT2D eigenvalue weighted by atomic mass is 10.1. The summed E-state index contributed by atoms with van der Waals surface area (Å²) in [6.07, 6.45) is -2.30. The van der Waals surface area contributed by atoms with Gasteiger partial charge >= 0.3 is 6.18 Å². The van der Waals surface area contributed by atoms with Crippen LogP contribution in [0.3, 0.4) is 0 Å². The van der Waals surface area contributed by atoms with Crippen molar-refractivity contribution < 1.29 is 26.3 Å². The van der Waals surface area contributed by atoms with Crippen molar-refractivity contribution in [3.8, 4) is 0 Å². The number of pyridine rings is 1. The standard InChI is InChI=1S/C16H15F3N2O3S/c17-16(18,19)13-5-3-12(4-6-13)15-11-21(8-9-24-15)25(22,23)14-2-1-7-20-10-14/h1-7,10,15H,8-9,11H2/t15-/m1/s1. The minimum Gasteiger partial charge on any atom is -0.371 e. The average Bonchev–Trinajstić information content (AvgIpc) is 2.62. The quantitative estimate of drug-likeness (QED) is 0.831. The first-order valence-corrected chi connectivity index (χ1v) is 8.91. The van der Waals surface area contributed by atoms with Gasteiger partial charge in [0.1, 0.15) is 4.90 Å². The molecule has 25 heavy (non-hydrogen) atoms. The van der Waals surface area contributed by atoms with Gasteiger partial charge in [0.15, 0.2) is 0 Å². The molecule has 0 saturated carbocycles. The summed E-state index contributed by atoms with van der Waals surface area (Å²) in [5.74, 6) is 0. The van der Waals surface area contributed by atoms with E-state index in [1.54, 1.807) is 0 Å². The summed E-state index contributed by atoms with van der Waals surface area (Å²) in [5, 5.41) is 0. The van der Waals surface area contributed by atoms with Crippen molar-refractivity contribution in [3.05, 3.63) is 59.9 Å². The third-order valence-corrected chi connectivity index (χ3v) is 5.76. The summed E-state index contributed by atoms with van der Waals surface area (Å²) in [4.78, 5) is 3.88. The zero-order valence-corrected chi connectivity index (χ0v) is 13.8. The summed E-state index contributed by atoms with van der Waals surface area (Å²) in [6, 6.07) is 7.54. The number of rotatable bonds is 3. The van der Waals surface area contributed by atoms with Gasteiger partial charge in [-0.3, -0.25) is 4.98 Å². The van der Waals surface area contributed by atoms with Gasteiger partial charge in [0, 0.05) is 25.5 Å². The smallest absolute Gasteiger partial charge is 0.371 e. The Hall–Kier alpha value is -1.97. The number of alkyl halides is 3. The van der Waals surface area contributed by atoms with Crippen molar-refractivity contribution in [1.29, 1.82) is 0 Å². The molecule has 0 aliphatic carbocycles. The van der Waals surface area contributed by atoms with Crippen LogP contribution in [-0.4, -0.2) is 37.4 Å². The molecule has 1 aliphatic rings. The Kier molecular flexibility index (Phi) is 4.81. The number of ether oxygens (including phenoxy) is 1. The van der Waals surface area contributed by atoms with Crippen LogP contribution in [0.1, 0.15) is 17.2 Å². The molecule has 3 rings (SSSR count). The number of nitrogens with zero attached hydrogens (tertiary/aromatic N) is 2. The van der Waals surface area contributed by atoms with E-state index in [0.29, 0.717) is 5.56 Å². The molecule has 0 N–H and O–H groups in total. The number of hydrogen-bond donors (Lipinski definition) is 0. The third-order valence-electron chi connectivity index (χ3n) is 3.91. The third kappa shape index (κ3) is 3.83. The lowest BCUT2D eigenvalue weighted by Crippen LogP contribution is -2.42. The summed E-state index contributed by atoms with van der Waals surface area (Å²) in [6.45, 7) is 0.363. The Morgan fingerprint density at radius 1 is 1.16 bits per heavy atom. The molecule has 2 aromatic rings. The van der Waals surface area contributed by atoms with E-state index in [-0.39, 0.29) is 24.6 Å². The Bertz CT molecular complexity index is 824. The molecule has 0 unspecified atom stereocenters. The first-order chi connectivity index (χ1) is 11.8. The van der Waals surface area contributed by atoms with Crippen LogP contribution >= 0.6 is 0 Å². The van der Waals surface area contributed by atoms with Crippen molar-refractivity contribution >= 4 is 10.0 Å². The number of hydrogen-bond acceptors (Lipinski definition) is 4. The number of benzene rings is 1. The predicted octanol–water partition coefficient (Wildman–Crippen LogP) is 2.86. The van der Waals surface area contributed by atoms with E-state index < -0.39 is 27.9 Å². The molecule has 5 nitrogen and oxygen atoms in total. The van der Waals surface area contributed by atoms with Crippen molar-refractivity contribution in [2.75, 3.05) is 19.7 Å². The highest BCUT2D eigenvalue weighted by Crippen LogP contribution is 2.31. The Labute approximate surface area is 143 Å². The molecule has 0 radical (unpaired) electrons. The van der Waals surface area contributed by atoms with Gasteiger partial charge in [-0.1, -0.05) is 12.1 Å². The SMILES string of the molecule is O=S(=O)(c1cccnc1)N1CCO[C@@H](c2ccc(C(F)(F)F)cc2)C1. The van der Waals surface area contributed by atoms with E-state index in [1.807, 2.05) is 0 Å². The molecule has 134 valence electrons. The molecule has 1 atom stereocenters. The highest BCUT2D eigenvalue weighted by molar-refractivity contribution is 7.89. The number of aromatic nitrogens is 1. The number of sulfonamides is 1. The van der Waals surface area contributed by atoms with Gasteiger partial charge < -0.3 is 4.74 Å². The fourth-order valence-electron chi connectivity index (χ4n) is 2.58. The van der Waals surface area contributed by atoms with Crippen LogP contribution in [0.4, 0.5) is 13.2 Å². The van der Waals surface area contributed by atoms with Gasteiger partial charge in [0.25, 0.3) is 0 Å². The highest BCUT2D eigenvalue weighted by Gasteiger charge is 2.33. The Morgan fingerprint density at radius 2 is 1.88 bits per heavy atom. The van der Waals surface area contributed by atoms with E-state index in [4.69, 9.17) is 4.74 Å². The average molecular weight is 372 g/mol. The Morgan fingerprint density at radius 3 is 2.48 bits per heavy atom. The topological polar surface area (TPSA) is 59.5 Å². The predicted molar refractivity (Wildman–Crippen MR) is 83.1 cm³/mol. The van der Waals surface area contributed by atoms with Crippen molar-refractivity contribution in [2.45, 2.75) is 17.2 Å². The maximum absolute atomic E-state index is 12.6. The molecule has 9 heteroatoms. The highest BCUT2D eigenvalue weighted by atomic mass is 32.2. The number of morpholine rings is 1. The summed E-state index contributed by atoms with van der Waals surface area (Å²) in [5.41, 5.74) is -0.258. The van der Waals surface area contributed by atoms with Crippen LogP contribution in [0.5, 0.6) is 0 Å². The van der Waals surface area contributed by atoms with Crippen molar-refractivity contribution in [1.82, 2.24) is 9.29 Å². The summed E-state index contributed by atoms with van der Waals surface area (Å²) < 4.78 is 70.0. The molecule has 0 spiro atoms. The second-order valence-electron chi connectivity index (χ2n) is 5.53. The van der Waals surface area contributed by atoms with Crippen LogP contribution < -0.4 is 0 Å². The molecule has 0 amide bonds. The van der Waals surface area contributed by atoms with Gasteiger partial charge in [0.05, 0.1) is 18.3 Å². The van der Waals surface area contributed by atoms with E-state index in [9.17, 15) is 21.6 Å². The second kappa shape index (κ2) is 6.74.